The van der Waals surface area contributed by atoms with Crippen LogP contribution in [0.2, 0.25) is 0 Å². The van der Waals surface area contributed by atoms with E-state index in [1.807, 2.05) is 13.0 Å². The van der Waals surface area contributed by atoms with Gasteiger partial charge in [-0.25, -0.2) is 0 Å². The van der Waals surface area contributed by atoms with Crippen LogP contribution in [0.15, 0.2) is 22.6 Å². The Morgan fingerprint density at radius 3 is 2.71 bits per heavy atom. The molecule has 0 unspecified atom stereocenters. The zero-order valence-electron chi connectivity index (χ0n) is 4.55. The van der Waals surface area contributed by atoms with Gasteiger partial charge in [0.15, 0.2) is 0 Å². The number of hydrogen-bond acceptors (Lipinski definition) is 2. The van der Waals surface area contributed by atoms with Crippen LogP contribution in [0.25, 0.3) is 0 Å². The SMILES string of the molecule is C/C=C\N/N=N\C. The van der Waals surface area contributed by atoms with Gasteiger partial charge < -0.3 is 0 Å². The molecule has 0 aliphatic rings. The van der Waals surface area contributed by atoms with Crippen LogP contribution in [0.3, 0.4) is 0 Å². The lowest BCUT2D eigenvalue weighted by molar-refractivity contribution is 0.852. The maximum atomic E-state index is 3.45. The van der Waals surface area contributed by atoms with E-state index in [0.29, 0.717) is 0 Å². The van der Waals surface area contributed by atoms with Crippen molar-refractivity contribution < 1.29 is 0 Å². The molecule has 0 rings (SSSR count). The van der Waals surface area contributed by atoms with E-state index in [4.69, 9.17) is 0 Å². The molecule has 0 bridgehead atoms. The van der Waals surface area contributed by atoms with Gasteiger partial charge in [0.05, 0.1) is 7.05 Å². The molecule has 0 saturated carbocycles. The summed E-state index contributed by atoms with van der Waals surface area (Å²) in [6, 6.07) is 0. The molecule has 0 aromatic carbocycles. The van der Waals surface area contributed by atoms with E-state index >= 15 is 0 Å². The van der Waals surface area contributed by atoms with Gasteiger partial charge in [-0.3, -0.25) is 5.43 Å². The molecule has 0 aliphatic heterocycles. The third-order valence-electron chi connectivity index (χ3n) is 0.399. The Kier molecular flexibility index (Phi) is 4.51. The molecule has 0 aliphatic carbocycles. The van der Waals surface area contributed by atoms with E-state index in [1.165, 1.54) is 0 Å². The molecule has 0 aromatic heterocycles. The summed E-state index contributed by atoms with van der Waals surface area (Å²) >= 11 is 0. The van der Waals surface area contributed by atoms with E-state index in [2.05, 4.69) is 15.8 Å². The molecule has 0 amide bonds. The summed E-state index contributed by atoms with van der Waals surface area (Å²) in [6.07, 6.45) is 3.54. The molecule has 0 atom stereocenters. The minimum atomic E-state index is 1.61. The summed E-state index contributed by atoms with van der Waals surface area (Å²) in [5.41, 5.74) is 2.56. The summed E-state index contributed by atoms with van der Waals surface area (Å²) in [7, 11) is 1.61. The van der Waals surface area contributed by atoms with Crippen molar-refractivity contribution in [3.05, 3.63) is 12.3 Å². The number of allylic oxidation sites excluding steroid dienone is 1. The van der Waals surface area contributed by atoms with Crippen LogP contribution in [0.5, 0.6) is 0 Å². The zero-order valence-corrected chi connectivity index (χ0v) is 4.55. The van der Waals surface area contributed by atoms with Crippen LogP contribution in [0, 0.1) is 0 Å². The lowest BCUT2D eigenvalue weighted by atomic mass is 10.7. The van der Waals surface area contributed by atoms with E-state index in [1.54, 1.807) is 13.2 Å². The number of nitrogens with zero attached hydrogens (tertiary/aromatic N) is 2. The summed E-state index contributed by atoms with van der Waals surface area (Å²) in [6.45, 7) is 1.90. The highest BCUT2D eigenvalue weighted by Crippen LogP contribution is 1.63. The lowest BCUT2D eigenvalue weighted by Gasteiger charge is -1.79. The van der Waals surface area contributed by atoms with Crippen molar-refractivity contribution in [3.8, 4) is 0 Å². The lowest BCUT2D eigenvalue weighted by Crippen LogP contribution is -1.88. The molecule has 7 heavy (non-hydrogen) atoms. The van der Waals surface area contributed by atoms with Crippen LogP contribution in [0.4, 0.5) is 0 Å². The van der Waals surface area contributed by atoms with Crippen LogP contribution >= 0.6 is 0 Å². The third kappa shape index (κ3) is 5.14. The first-order valence-corrected chi connectivity index (χ1v) is 2.07. The molecular formula is C4H9N3. The molecule has 0 fully saturated rings. The monoisotopic (exact) mass is 99.1 g/mol. The first-order chi connectivity index (χ1) is 3.41. The predicted molar refractivity (Wildman–Crippen MR) is 28.7 cm³/mol. The summed E-state index contributed by atoms with van der Waals surface area (Å²) in [5.74, 6) is 0. The van der Waals surface area contributed by atoms with Crippen LogP contribution in [-0.4, -0.2) is 7.05 Å². The smallest absolute Gasteiger partial charge is 0.0509 e. The minimum absolute atomic E-state index is 1.61. The van der Waals surface area contributed by atoms with Gasteiger partial charge in [0.2, 0.25) is 0 Å². The van der Waals surface area contributed by atoms with Crippen molar-refractivity contribution in [1.29, 1.82) is 0 Å². The van der Waals surface area contributed by atoms with Crippen LogP contribution in [0.1, 0.15) is 6.92 Å². The fourth-order valence-corrected chi connectivity index (χ4v) is 0.166. The van der Waals surface area contributed by atoms with Crippen molar-refractivity contribution in [1.82, 2.24) is 5.43 Å². The van der Waals surface area contributed by atoms with Gasteiger partial charge in [0, 0.05) is 6.20 Å². The quantitative estimate of drug-likeness (QED) is 0.408. The first-order valence-electron chi connectivity index (χ1n) is 2.07. The second kappa shape index (κ2) is 5.14. The average molecular weight is 99.1 g/mol. The Morgan fingerprint density at radius 2 is 2.29 bits per heavy atom. The molecule has 3 heteroatoms. The Morgan fingerprint density at radius 1 is 1.57 bits per heavy atom. The molecule has 3 nitrogen and oxygen atoms in total. The second-order valence-corrected chi connectivity index (χ2v) is 0.929. The predicted octanol–water partition coefficient (Wildman–Crippen LogP) is 1.11. The van der Waals surface area contributed by atoms with E-state index in [-0.39, 0.29) is 0 Å². The highest BCUT2D eigenvalue weighted by molar-refractivity contribution is 4.70. The second-order valence-electron chi connectivity index (χ2n) is 0.929. The largest absolute Gasteiger partial charge is 0.268 e. The molecule has 0 heterocycles. The Labute approximate surface area is 43.1 Å². The Balaban J connectivity index is 2.98. The van der Waals surface area contributed by atoms with E-state index in [9.17, 15) is 0 Å². The Hall–Kier alpha value is -0.860. The molecule has 40 valence electrons. The highest BCUT2D eigenvalue weighted by Gasteiger charge is 1.56. The Bertz CT molecular complexity index is 65.0. The first kappa shape index (κ1) is 6.14. The standard InChI is InChI=1S/C4H9N3/c1-3-4-6-7-5-2/h3-4H,1-2H3,(H,5,6)/b4-3-. The highest BCUT2D eigenvalue weighted by atomic mass is 15.4. The molecule has 1 N–H and O–H groups in total. The van der Waals surface area contributed by atoms with Crippen molar-refractivity contribution in [2.24, 2.45) is 10.3 Å². The van der Waals surface area contributed by atoms with E-state index in [0.717, 1.165) is 0 Å². The normalized spacial score (nSPS) is 11.1. The number of rotatable bonds is 2. The van der Waals surface area contributed by atoms with Gasteiger partial charge in [-0.15, -0.1) is 0 Å². The molecule has 0 saturated heterocycles. The maximum Gasteiger partial charge on any atom is 0.0509 e. The molecule has 0 spiro atoms. The van der Waals surface area contributed by atoms with E-state index < -0.39 is 0 Å². The average Bonchev–Trinajstić information content (AvgIpc) is 1.69. The summed E-state index contributed by atoms with van der Waals surface area (Å²) in [4.78, 5) is 0. The van der Waals surface area contributed by atoms with Crippen LogP contribution < -0.4 is 5.43 Å². The van der Waals surface area contributed by atoms with Gasteiger partial charge >= 0.3 is 0 Å². The van der Waals surface area contributed by atoms with Gasteiger partial charge in [0.1, 0.15) is 0 Å². The number of hydrogen-bond donors (Lipinski definition) is 1. The van der Waals surface area contributed by atoms with Gasteiger partial charge in [-0.05, 0) is 6.92 Å². The third-order valence-corrected chi connectivity index (χ3v) is 0.399. The van der Waals surface area contributed by atoms with Crippen molar-refractivity contribution in [3.63, 3.8) is 0 Å². The summed E-state index contributed by atoms with van der Waals surface area (Å²) in [5, 5.41) is 6.89. The minimum Gasteiger partial charge on any atom is -0.268 e. The molecule has 0 radical (unpaired) electrons. The molecular weight excluding hydrogens is 90.1 g/mol. The summed E-state index contributed by atoms with van der Waals surface area (Å²) < 4.78 is 0. The fourth-order valence-electron chi connectivity index (χ4n) is 0.166. The maximum absolute atomic E-state index is 3.45. The number of nitrogens with one attached hydrogen (secondary N) is 1. The van der Waals surface area contributed by atoms with Crippen LogP contribution in [-0.2, 0) is 0 Å². The van der Waals surface area contributed by atoms with Crippen molar-refractivity contribution >= 4 is 0 Å². The molecule has 0 aromatic rings. The van der Waals surface area contributed by atoms with Gasteiger partial charge in [0.25, 0.3) is 0 Å². The van der Waals surface area contributed by atoms with Gasteiger partial charge in [-0.2, -0.15) is 5.11 Å². The van der Waals surface area contributed by atoms with Crippen molar-refractivity contribution in [2.75, 3.05) is 7.05 Å². The fraction of sp³-hybridized carbons (Fsp3) is 0.500. The topological polar surface area (TPSA) is 36.8 Å². The zero-order chi connectivity index (χ0) is 5.54. The van der Waals surface area contributed by atoms with Crippen molar-refractivity contribution in [2.45, 2.75) is 6.92 Å². The van der Waals surface area contributed by atoms with Gasteiger partial charge in [-0.1, -0.05) is 11.3 Å².